The average molecular weight is 326 g/mol. The molecule has 0 atom stereocenters. The molecule has 4 nitrogen and oxygen atoms in total. The fourth-order valence-corrected chi connectivity index (χ4v) is 2.60. The zero-order chi connectivity index (χ0) is 17.1. The SMILES string of the molecule is CC(C)(C)OC(=O)N1CCC(F)(Cc2ccc(CF)nc2)CC1. The van der Waals surface area contributed by atoms with Crippen molar-refractivity contribution in [1.29, 1.82) is 0 Å². The van der Waals surface area contributed by atoms with Crippen LogP contribution in [0.15, 0.2) is 18.3 Å². The van der Waals surface area contributed by atoms with Crippen LogP contribution in [-0.2, 0) is 17.8 Å². The smallest absolute Gasteiger partial charge is 0.410 e. The molecule has 0 aromatic carbocycles. The molecule has 0 unspecified atom stereocenters. The second kappa shape index (κ2) is 6.81. The van der Waals surface area contributed by atoms with Crippen LogP contribution in [0.1, 0.15) is 44.9 Å². The quantitative estimate of drug-likeness (QED) is 0.848. The molecule has 1 amide bonds. The minimum atomic E-state index is -1.36. The van der Waals surface area contributed by atoms with Gasteiger partial charge in [0.05, 0.1) is 5.69 Å². The Balaban J connectivity index is 1.90. The van der Waals surface area contributed by atoms with Crippen LogP contribution in [0.3, 0.4) is 0 Å². The van der Waals surface area contributed by atoms with Crippen molar-refractivity contribution in [2.24, 2.45) is 0 Å². The number of ether oxygens (including phenoxy) is 1. The molecule has 0 radical (unpaired) electrons. The molecule has 1 saturated heterocycles. The van der Waals surface area contributed by atoms with E-state index in [0.717, 1.165) is 5.56 Å². The number of rotatable bonds is 3. The van der Waals surface area contributed by atoms with E-state index in [1.807, 2.05) is 20.8 Å². The van der Waals surface area contributed by atoms with E-state index in [-0.39, 0.29) is 19.3 Å². The molecule has 0 N–H and O–H groups in total. The van der Waals surface area contributed by atoms with Crippen molar-refractivity contribution in [3.8, 4) is 0 Å². The van der Waals surface area contributed by atoms with Gasteiger partial charge in [-0.25, -0.2) is 13.6 Å². The zero-order valence-electron chi connectivity index (χ0n) is 13.9. The lowest BCUT2D eigenvalue weighted by Gasteiger charge is -2.37. The van der Waals surface area contributed by atoms with Gasteiger partial charge < -0.3 is 9.64 Å². The lowest BCUT2D eigenvalue weighted by Crippen LogP contribution is -2.47. The van der Waals surface area contributed by atoms with Crippen molar-refractivity contribution in [3.63, 3.8) is 0 Å². The number of aromatic nitrogens is 1. The van der Waals surface area contributed by atoms with Crippen molar-refractivity contribution in [1.82, 2.24) is 9.88 Å². The summed E-state index contributed by atoms with van der Waals surface area (Å²) in [5.41, 5.74) is -0.820. The summed E-state index contributed by atoms with van der Waals surface area (Å²) in [6.07, 6.45) is 1.88. The third kappa shape index (κ3) is 5.15. The molecule has 23 heavy (non-hydrogen) atoms. The summed E-state index contributed by atoms with van der Waals surface area (Å²) in [6, 6.07) is 3.29. The number of carbonyl (C=O) groups is 1. The first-order valence-electron chi connectivity index (χ1n) is 7.87. The number of piperidine rings is 1. The van der Waals surface area contributed by atoms with E-state index in [9.17, 15) is 13.6 Å². The summed E-state index contributed by atoms with van der Waals surface area (Å²) >= 11 is 0. The van der Waals surface area contributed by atoms with Gasteiger partial charge in [-0.3, -0.25) is 4.98 Å². The van der Waals surface area contributed by atoms with Crippen LogP contribution in [0, 0.1) is 0 Å². The first kappa shape index (κ1) is 17.6. The summed E-state index contributed by atoms with van der Waals surface area (Å²) < 4.78 is 32.7. The van der Waals surface area contributed by atoms with Crippen molar-refractivity contribution < 1.29 is 18.3 Å². The van der Waals surface area contributed by atoms with Gasteiger partial charge in [0.25, 0.3) is 0 Å². The number of hydrogen-bond donors (Lipinski definition) is 0. The third-order valence-corrected chi connectivity index (χ3v) is 3.86. The molecule has 1 aromatic heterocycles. The van der Waals surface area contributed by atoms with Gasteiger partial charge in [0.1, 0.15) is 17.9 Å². The van der Waals surface area contributed by atoms with E-state index < -0.39 is 24.0 Å². The fraction of sp³-hybridized carbons (Fsp3) is 0.647. The molecular weight excluding hydrogens is 302 g/mol. The van der Waals surface area contributed by atoms with E-state index in [0.29, 0.717) is 18.8 Å². The number of pyridine rings is 1. The molecule has 128 valence electrons. The third-order valence-electron chi connectivity index (χ3n) is 3.86. The second-order valence-corrected chi connectivity index (χ2v) is 7.09. The topological polar surface area (TPSA) is 42.4 Å². The highest BCUT2D eigenvalue weighted by molar-refractivity contribution is 5.68. The van der Waals surface area contributed by atoms with Gasteiger partial charge in [-0.15, -0.1) is 0 Å². The lowest BCUT2D eigenvalue weighted by atomic mass is 9.87. The van der Waals surface area contributed by atoms with E-state index >= 15 is 0 Å². The van der Waals surface area contributed by atoms with Gasteiger partial charge in [-0.2, -0.15) is 0 Å². The van der Waals surface area contributed by atoms with E-state index in [1.165, 1.54) is 6.20 Å². The van der Waals surface area contributed by atoms with Crippen LogP contribution in [-0.4, -0.2) is 40.3 Å². The minimum absolute atomic E-state index is 0.231. The summed E-state index contributed by atoms with van der Waals surface area (Å²) in [5.74, 6) is 0. The van der Waals surface area contributed by atoms with Gasteiger partial charge in [0.2, 0.25) is 0 Å². The number of hydrogen-bond acceptors (Lipinski definition) is 3. The number of halogens is 2. The number of alkyl halides is 2. The normalized spacial score (nSPS) is 17.9. The minimum Gasteiger partial charge on any atom is -0.444 e. The summed E-state index contributed by atoms with van der Waals surface area (Å²) in [6.45, 7) is 5.47. The van der Waals surface area contributed by atoms with Crippen LogP contribution in [0.5, 0.6) is 0 Å². The zero-order valence-corrected chi connectivity index (χ0v) is 13.9. The molecule has 2 heterocycles. The number of likely N-dealkylation sites (tertiary alicyclic amines) is 1. The molecule has 0 saturated carbocycles. The molecule has 0 spiro atoms. The Kier molecular flexibility index (Phi) is 5.22. The highest BCUT2D eigenvalue weighted by Crippen LogP contribution is 2.31. The van der Waals surface area contributed by atoms with Gasteiger partial charge >= 0.3 is 6.09 Å². The predicted molar refractivity (Wildman–Crippen MR) is 83.6 cm³/mol. The maximum absolute atomic E-state index is 14.9. The molecule has 1 aliphatic heterocycles. The van der Waals surface area contributed by atoms with Crippen LogP contribution in [0.25, 0.3) is 0 Å². The molecule has 0 aliphatic carbocycles. The molecule has 1 fully saturated rings. The molecular formula is C17H24F2N2O2. The lowest BCUT2D eigenvalue weighted by molar-refractivity contribution is 0.00338. The van der Waals surface area contributed by atoms with E-state index in [4.69, 9.17) is 4.74 Å². The van der Waals surface area contributed by atoms with Crippen molar-refractivity contribution >= 4 is 6.09 Å². The van der Waals surface area contributed by atoms with Crippen LogP contribution in [0.2, 0.25) is 0 Å². The first-order valence-corrected chi connectivity index (χ1v) is 7.87. The van der Waals surface area contributed by atoms with Crippen molar-refractivity contribution in [3.05, 3.63) is 29.6 Å². The predicted octanol–water partition coefficient (Wildman–Crippen LogP) is 3.83. The van der Waals surface area contributed by atoms with Crippen molar-refractivity contribution in [2.75, 3.05) is 13.1 Å². The molecule has 1 aromatic rings. The Morgan fingerprint density at radius 1 is 1.35 bits per heavy atom. The van der Waals surface area contributed by atoms with Crippen LogP contribution < -0.4 is 0 Å². The Bertz CT molecular complexity index is 533. The average Bonchev–Trinajstić information content (AvgIpc) is 2.46. The van der Waals surface area contributed by atoms with Crippen LogP contribution in [0.4, 0.5) is 13.6 Å². The second-order valence-electron chi connectivity index (χ2n) is 7.09. The standard InChI is InChI=1S/C17H24F2N2O2/c1-16(2,3)23-15(22)21-8-6-17(19,7-9-21)10-13-4-5-14(11-18)20-12-13/h4-5,12H,6-11H2,1-3H3. The van der Waals surface area contributed by atoms with Gasteiger partial charge in [0.15, 0.2) is 0 Å². The Labute approximate surface area is 135 Å². The fourth-order valence-electron chi connectivity index (χ4n) is 2.60. The molecule has 6 heteroatoms. The van der Waals surface area contributed by atoms with Crippen molar-refractivity contribution in [2.45, 2.75) is 58.0 Å². The maximum Gasteiger partial charge on any atom is 0.410 e. The Morgan fingerprint density at radius 3 is 2.48 bits per heavy atom. The highest BCUT2D eigenvalue weighted by atomic mass is 19.1. The Hall–Kier alpha value is -1.72. The van der Waals surface area contributed by atoms with E-state index in [1.54, 1.807) is 17.0 Å². The molecule has 2 rings (SSSR count). The van der Waals surface area contributed by atoms with E-state index in [2.05, 4.69) is 4.98 Å². The molecule has 1 aliphatic rings. The maximum atomic E-state index is 14.9. The van der Waals surface area contributed by atoms with Gasteiger partial charge in [-0.05, 0) is 45.2 Å². The van der Waals surface area contributed by atoms with Crippen LogP contribution >= 0.6 is 0 Å². The number of nitrogens with zero attached hydrogens (tertiary/aromatic N) is 2. The summed E-state index contributed by atoms with van der Waals surface area (Å²) in [5, 5.41) is 0. The summed E-state index contributed by atoms with van der Waals surface area (Å²) in [7, 11) is 0. The van der Waals surface area contributed by atoms with Gasteiger partial charge in [-0.1, -0.05) is 6.07 Å². The largest absolute Gasteiger partial charge is 0.444 e. The Morgan fingerprint density at radius 2 is 2.00 bits per heavy atom. The monoisotopic (exact) mass is 326 g/mol. The molecule has 0 bridgehead atoms. The highest BCUT2D eigenvalue weighted by Gasteiger charge is 2.37. The first-order chi connectivity index (χ1) is 10.7. The number of amides is 1. The number of carbonyl (C=O) groups excluding carboxylic acids is 1. The summed E-state index contributed by atoms with van der Waals surface area (Å²) in [4.78, 5) is 17.5. The van der Waals surface area contributed by atoms with Gasteiger partial charge in [0, 0.05) is 25.7 Å².